The first-order valence-corrected chi connectivity index (χ1v) is 5.72. The number of carbonyl (C=O) groups is 1. The third-order valence-corrected chi connectivity index (χ3v) is 2.49. The van der Waals surface area contributed by atoms with Crippen LogP contribution in [-0.4, -0.2) is 23.6 Å². The molecule has 100 valence electrons. The first-order chi connectivity index (χ1) is 8.40. The van der Waals surface area contributed by atoms with Crippen LogP contribution in [0.1, 0.15) is 29.6 Å². The normalized spacial score (nSPS) is 11.3. The SMILES string of the molecule is O=C(NCCCCC(F)(F)F)c1ccncc1Cl. The van der Waals surface area contributed by atoms with E-state index in [1.54, 1.807) is 0 Å². The highest BCUT2D eigenvalue weighted by Crippen LogP contribution is 2.21. The summed E-state index contributed by atoms with van der Waals surface area (Å²) in [6.07, 6.45) is -1.95. The van der Waals surface area contributed by atoms with Gasteiger partial charge in [-0.25, -0.2) is 0 Å². The van der Waals surface area contributed by atoms with E-state index in [0.717, 1.165) is 0 Å². The molecule has 0 spiro atoms. The number of unbranched alkanes of at least 4 members (excludes halogenated alkanes) is 1. The topological polar surface area (TPSA) is 42.0 Å². The van der Waals surface area contributed by atoms with Crippen molar-refractivity contribution in [2.75, 3.05) is 6.54 Å². The summed E-state index contributed by atoms with van der Waals surface area (Å²) in [5, 5.41) is 2.72. The molecule has 0 fully saturated rings. The van der Waals surface area contributed by atoms with Crippen LogP contribution in [0.3, 0.4) is 0 Å². The molecule has 0 saturated carbocycles. The molecule has 1 heterocycles. The average Bonchev–Trinajstić information content (AvgIpc) is 2.27. The summed E-state index contributed by atoms with van der Waals surface area (Å²) >= 11 is 5.75. The van der Waals surface area contributed by atoms with E-state index in [4.69, 9.17) is 11.6 Å². The lowest BCUT2D eigenvalue weighted by atomic mass is 10.2. The highest BCUT2D eigenvalue weighted by Gasteiger charge is 2.25. The number of hydrogen-bond acceptors (Lipinski definition) is 2. The van der Waals surface area contributed by atoms with Crippen LogP contribution in [0.2, 0.25) is 5.02 Å². The number of nitrogens with one attached hydrogen (secondary N) is 1. The van der Waals surface area contributed by atoms with E-state index in [2.05, 4.69) is 10.3 Å². The van der Waals surface area contributed by atoms with Gasteiger partial charge in [0.1, 0.15) is 0 Å². The Morgan fingerprint density at radius 3 is 2.72 bits per heavy atom. The third kappa shape index (κ3) is 5.35. The first kappa shape index (κ1) is 14.8. The van der Waals surface area contributed by atoms with Crippen LogP contribution in [-0.2, 0) is 0 Å². The van der Waals surface area contributed by atoms with Gasteiger partial charge in [0.15, 0.2) is 0 Å². The van der Waals surface area contributed by atoms with Gasteiger partial charge in [0.05, 0.1) is 10.6 Å². The maximum absolute atomic E-state index is 11.8. The number of nitrogens with zero attached hydrogens (tertiary/aromatic N) is 1. The third-order valence-electron chi connectivity index (χ3n) is 2.19. The van der Waals surface area contributed by atoms with Gasteiger partial charge in [-0.2, -0.15) is 13.2 Å². The fourth-order valence-electron chi connectivity index (χ4n) is 1.31. The van der Waals surface area contributed by atoms with Crippen LogP contribution in [0.15, 0.2) is 18.5 Å². The molecule has 18 heavy (non-hydrogen) atoms. The van der Waals surface area contributed by atoms with Crippen molar-refractivity contribution in [3.8, 4) is 0 Å². The van der Waals surface area contributed by atoms with Crippen molar-refractivity contribution in [2.45, 2.75) is 25.4 Å². The molecule has 1 N–H and O–H groups in total. The largest absolute Gasteiger partial charge is 0.389 e. The van der Waals surface area contributed by atoms with Crippen molar-refractivity contribution in [3.63, 3.8) is 0 Å². The van der Waals surface area contributed by atoms with Crippen LogP contribution < -0.4 is 5.32 Å². The molecule has 0 radical (unpaired) electrons. The Morgan fingerprint density at radius 1 is 1.39 bits per heavy atom. The van der Waals surface area contributed by atoms with Crippen molar-refractivity contribution in [3.05, 3.63) is 29.0 Å². The second-order valence-corrected chi connectivity index (χ2v) is 4.09. The van der Waals surface area contributed by atoms with E-state index < -0.39 is 18.5 Å². The number of carbonyl (C=O) groups excluding carboxylic acids is 1. The number of rotatable bonds is 5. The minimum Gasteiger partial charge on any atom is -0.352 e. The number of alkyl halides is 3. The highest BCUT2D eigenvalue weighted by molar-refractivity contribution is 6.33. The quantitative estimate of drug-likeness (QED) is 0.842. The molecule has 0 bridgehead atoms. The molecule has 0 aliphatic heterocycles. The lowest BCUT2D eigenvalue weighted by Crippen LogP contribution is -2.25. The van der Waals surface area contributed by atoms with Crippen LogP contribution in [0.4, 0.5) is 13.2 Å². The highest BCUT2D eigenvalue weighted by atomic mass is 35.5. The number of amides is 1. The first-order valence-electron chi connectivity index (χ1n) is 5.34. The molecule has 0 unspecified atom stereocenters. The second-order valence-electron chi connectivity index (χ2n) is 3.68. The number of aromatic nitrogens is 1. The molecule has 0 aromatic carbocycles. The van der Waals surface area contributed by atoms with E-state index in [9.17, 15) is 18.0 Å². The van der Waals surface area contributed by atoms with E-state index in [1.807, 2.05) is 0 Å². The molecule has 0 atom stereocenters. The standard InChI is InChI=1S/C11H12ClF3N2O/c12-9-7-16-6-3-8(9)10(18)17-5-2-1-4-11(13,14)15/h3,6-7H,1-2,4-5H2,(H,17,18). The molecule has 3 nitrogen and oxygen atoms in total. The molecule has 0 saturated heterocycles. The van der Waals surface area contributed by atoms with Crippen LogP contribution in [0.25, 0.3) is 0 Å². The van der Waals surface area contributed by atoms with E-state index in [1.165, 1.54) is 18.5 Å². The number of pyridine rings is 1. The molecule has 0 aliphatic rings. The Hall–Kier alpha value is -1.30. The van der Waals surface area contributed by atoms with Crippen LogP contribution in [0.5, 0.6) is 0 Å². The molecule has 1 amide bonds. The Balaban J connectivity index is 2.28. The Morgan fingerprint density at radius 2 is 2.11 bits per heavy atom. The summed E-state index contributed by atoms with van der Waals surface area (Å²) in [4.78, 5) is 15.3. The zero-order valence-corrected chi connectivity index (χ0v) is 10.2. The minimum atomic E-state index is -4.14. The van der Waals surface area contributed by atoms with Crippen molar-refractivity contribution < 1.29 is 18.0 Å². The van der Waals surface area contributed by atoms with Crippen molar-refractivity contribution >= 4 is 17.5 Å². The summed E-state index contributed by atoms with van der Waals surface area (Å²) in [5.41, 5.74) is 0.266. The number of halogens is 4. The molecular weight excluding hydrogens is 269 g/mol. The molecule has 1 rings (SSSR count). The van der Waals surface area contributed by atoms with Gasteiger partial charge in [-0.05, 0) is 18.9 Å². The van der Waals surface area contributed by atoms with Gasteiger partial charge in [-0.15, -0.1) is 0 Å². The predicted octanol–water partition coefficient (Wildman–Crippen LogP) is 3.20. The van der Waals surface area contributed by atoms with Crippen LogP contribution >= 0.6 is 11.6 Å². The molecule has 0 aliphatic carbocycles. The molecular formula is C11H12ClF3N2O. The smallest absolute Gasteiger partial charge is 0.352 e. The lowest BCUT2D eigenvalue weighted by Gasteiger charge is -2.07. The van der Waals surface area contributed by atoms with Gasteiger partial charge in [0, 0.05) is 25.4 Å². The van der Waals surface area contributed by atoms with Gasteiger partial charge in [-0.3, -0.25) is 9.78 Å². The van der Waals surface area contributed by atoms with Gasteiger partial charge >= 0.3 is 6.18 Å². The van der Waals surface area contributed by atoms with Gasteiger partial charge in [-0.1, -0.05) is 11.6 Å². The second kappa shape index (κ2) is 6.58. The predicted molar refractivity (Wildman–Crippen MR) is 61.5 cm³/mol. The maximum Gasteiger partial charge on any atom is 0.389 e. The Kier molecular flexibility index (Phi) is 5.40. The summed E-state index contributed by atoms with van der Waals surface area (Å²) in [5.74, 6) is -0.408. The summed E-state index contributed by atoms with van der Waals surface area (Å²) < 4.78 is 35.5. The summed E-state index contributed by atoms with van der Waals surface area (Å²) in [6.45, 7) is 0.188. The zero-order valence-electron chi connectivity index (χ0n) is 9.43. The van der Waals surface area contributed by atoms with E-state index in [-0.39, 0.29) is 30.0 Å². The fraction of sp³-hybridized carbons (Fsp3) is 0.455. The summed E-state index contributed by atoms with van der Waals surface area (Å²) in [7, 11) is 0. The van der Waals surface area contributed by atoms with Crippen molar-refractivity contribution in [2.24, 2.45) is 0 Å². The van der Waals surface area contributed by atoms with Gasteiger partial charge in [0.25, 0.3) is 5.91 Å². The Labute approximate surface area is 107 Å². The zero-order chi connectivity index (χ0) is 13.6. The average molecular weight is 281 g/mol. The van der Waals surface area contributed by atoms with E-state index >= 15 is 0 Å². The minimum absolute atomic E-state index is 0.00609. The van der Waals surface area contributed by atoms with Crippen molar-refractivity contribution in [1.29, 1.82) is 0 Å². The fourth-order valence-corrected chi connectivity index (χ4v) is 1.51. The molecule has 1 aromatic heterocycles. The lowest BCUT2D eigenvalue weighted by molar-refractivity contribution is -0.135. The number of hydrogen-bond donors (Lipinski definition) is 1. The monoisotopic (exact) mass is 280 g/mol. The van der Waals surface area contributed by atoms with E-state index in [0.29, 0.717) is 0 Å². The van der Waals surface area contributed by atoms with Crippen molar-refractivity contribution in [1.82, 2.24) is 10.3 Å². The van der Waals surface area contributed by atoms with Gasteiger partial charge < -0.3 is 5.32 Å². The summed E-state index contributed by atoms with van der Waals surface area (Å²) in [6, 6.07) is 1.45. The molecule has 1 aromatic rings. The van der Waals surface area contributed by atoms with Gasteiger partial charge in [0.2, 0.25) is 0 Å². The maximum atomic E-state index is 11.8. The molecule has 7 heteroatoms. The Bertz CT molecular complexity index is 410. The van der Waals surface area contributed by atoms with Crippen LogP contribution in [0, 0.1) is 0 Å².